The number of rotatable bonds is 6. The largest absolute Gasteiger partial charge is 0.351 e. The van der Waals surface area contributed by atoms with Gasteiger partial charge in [-0.15, -0.1) is 0 Å². The van der Waals surface area contributed by atoms with Gasteiger partial charge in [-0.3, -0.25) is 9.69 Å². The summed E-state index contributed by atoms with van der Waals surface area (Å²) in [6, 6.07) is 6.20. The number of amides is 1. The molecule has 25 heavy (non-hydrogen) atoms. The van der Waals surface area contributed by atoms with Crippen molar-refractivity contribution in [2.24, 2.45) is 0 Å². The molecule has 0 radical (unpaired) electrons. The molecule has 1 aliphatic heterocycles. The van der Waals surface area contributed by atoms with E-state index in [-0.39, 0.29) is 11.9 Å². The zero-order valence-electron chi connectivity index (χ0n) is 15.4. The Morgan fingerprint density at radius 2 is 2.16 bits per heavy atom. The minimum atomic E-state index is 0.0299. The van der Waals surface area contributed by atoms with Crippen LogP contribution < -0.4 is 20.1 Å². The van der Waals surface area contributed by atoms with E-state index in [1.54, 1.807) is 0 Å². The van der Waals surface area contributed by atoms with Crippen molar-refractivity contribution < 1.29 is 14.7 Å². The molecule has 1 amide bonds. The molecule has 2 aliphatic rings. The summed E-state index contributed by atoms with van der Waals surface area (Å²) >= 11 is 0. The van der Waals surface area contributed by atoms with Crippen LogP contribution in [0.2, 0.25) is 0 Å². The van der Waals surface area contributed by atoms with Crippen LogP contribution in [0.15, 0.2) is 36.0 Å². The molecular weight excluding hydrogens is 312 g/mol. The van der Waals surface area contributed by atoms with Gasteiger partial charge in [0.15, 0.2) is 6.04 Å². The second-order valence-electron chi connectivity index (χ2n) is 7.26. The van der Waals surface area contributed by atoms with Crippen molar-refractivity contribution in [2.75, 3.05) is 37.6 Å². The van der Waals surface area contributed by atoms with Crippen molar-refractivity contribution >= 4 is 11.7 Å². The number of pyridine rings is 1. The topological polar surface area (TPSA) is 50.9 Å². The summed E-state index contributed by atoms with van der Waals surface area (Å²) in [6.45, 7) is 6.83. The Bertz CT molecular complexity index is 579. The lowest BCUT2D eigenvalue weighted by Gasteiger charge is -2.31. The molecule has 1 aliphatic carbocycles. The van der Waals surface area contributed by atoms with Crippen molar-refractivity contribution in [2.45, 2.75) is 45.1 Å². The molecule has 3 N–H and O–H groups in total. The number of nitrogens with zero attached hydrogens (tertiary/aromatic N) is 1. The van der Waals surface area contributed by atoms with Gasteiger partial charge < -0.3 is 10.2 Å². The quantitative estimate of drug-likeness (QED) is 0.743. The number of aromatic nitrogens is 1. The summed E-state index contributed by atoms with van der Waals surface area (Å²) in [4.78, 5) is 19.5. The van der Waals surface area contributed by atoms with Crippen LogP contribution >= 0.6 is 0 Å². The molecule has 0 spiro atoms. The van der Waals surface area contributed by atoms with E-state index in [0.29, 0.717) is 0 Å². The van der Waals surface area contributed by atoms with Crippen LogP contribution in [-0.2, 0) is 4.79 Å². The first-order valence-electron chi connectivity index (χ1n) is 9.76. The Balaban J connectivity index is 1.40. The number of allylic oxidation sites excluding steroid dienone is 1. The Morgan fingerprint density at radius 1 is 1.32 bits per heavy atom. The molecule has 1 atom stereocenters. The maximum Gasteiger partial charge on any atom is 0.278 e. The Labute approximate surface area is 151 Å². The van der Waals surface area contributed by atoms with Gasteiger partial charge in [0.05, 0.1) is 6.20 Å². The van der Waals surface area contributed by atoms with Crippen LogP contribution in [-0.4, -0.2) is 44.7 Å². The number of piperazine rings is 1. The smallest absolute Gasteiger partial charge is 0.278 e. The fourth-order valence-electron chi connectivity index (χ4n) is 3.86. The molecule has 136 valence electrons. The molecular formula is C20H32N4O+2. The SMILES string of the molecule is C[C@@H](C(=O)NCCC1=CCCCC1)[NH+]1CCN(c2cccc[nH+]2)CC1. The highest BCUT2D eigenvalue weighted by Crippen LogP contribution is 2.19. The summed E-state index contributed by atoms with van der Waals surface area (Å²) in [5.74, 6) is 1.37. The van der Waals surface area contributed by atoms with Crippen LogP contribution in [0.4, 0.5) is 5.82 Å². The number of quaternary nitrogens is 1. The number of aromatic amines is 1. The maximum atomic E-state index is 12.5. The summed E-state index contributed by atoms with van der Waals surface area (Å²) in [6.07, 6.45) is 10.4. The molecule has 0 saturated carbocycles. The van der Waals surface area contributed by atoms with Gasteiger partial charge in [0.1, 0.15) is 26.2 Å². The van der Waals surface area contributed by atoms with Gasteiger partial charge in [0.25, 0.3) is 11.7 Å². The molecule has 0 bridgehead atoms. The standard InChI is InChI=1S/C20H30N4O/c1-17(20(25)22-12-10-18-7-3-2-4-8-18)23-13-15-24(16-14-23)19-9-5-6-11-21-19/h5-7,9,11,17H,2-4,8,10,12-16H2,1H3,(H,22,25)/p+2/t17-/m0/s1. The summed E-state index contributed by atoms with van der Waals surface area (Å²) < 4.78 is 0. The molecule has 1 fully saturated rings. The fraction of sp³-hybridized carbons (Fsp3) is 0.600. The first-order valence-corrected chi connectivity index (χ1v) is 9.76. The van der Waals surface area contributed by atoms with Gasteiger partial charge in [0, 0.05) is 12.6 Å². The number of anilines is 1. The predicted octanol–water partition coefficient (Wildman–Crippen LogP) is 0.601. The van der Waals surface area contributed by atoms with E-state index in [0.717, 1.165) is 39.1 Å². The number of nitrogens with one attached hydrogen (secondary N) is 3. The van der Waals surface area contributed by atoms with E-state index < -0.39 is 0 Å². The minimum absolute atomic E-state index is 0.0299. The fourth-order valence-corrected chi connectivity index (χ4v) is 3.86. The number of hydrogen-bond donors (Lipinski definition) is 2. The third-order valence-corrected chi connectivity index (χ3v) is 5.58. The van der Waals surface area contributed by atoms with Crippen LogP contribution in [0.5, 0.6) is 0 Å². The minimum Gasteiger partial charge on any atom is -0.351 e. The number of hydrogen-bond acceptors (Lipinski definition) is 2. The van der Waals surface area contributed by atoms with Crippen molar-refractivity contribution in [1.82, 2.24) is 5.32 Å². The molecule has 0 unspecified atom stereocenters. The highest BCUT2D eigenvalue weighted by atomic mass is 16.2. The number of H-pyrrole nitrogens is 1. The third kappa shape index (κ3) is 5.05. The maximum absolute atomic E-state index is 12.5. The lowest BCUT2D eigenvalue weighted by atomic mass is 9.97. The van der Waals surface area contributed by atoms with Gasteiger partial charge in [-0.25, -0.2) is 4.98 Å². The van der Waals surface area contributed by atoms with Gasteiger partial charge in [-0.1, -0.05) is 17.7 Å². The molecule has 1 aromatic heterocycles. The Hall–Kier alpha value is -1.88. The van der Waals surface area contributed by atoms with Gasteiger partial charge >= 0.3 is 0 Å². The van der Waals surface area contributed by atoms with Gasteiger partial charge in [-0.05, 0) is 45.1 Å². The lowest BCUT2D eigenvalue weighted by molar-refractivity contribution is -0.914. The number of carbonyl (C=O) groups excluding carboxylic acids is 1. The zero-order chi connectivity index (χ0) is 17.5. The van der Waals surface area contributed by atoms with Crippen LogP contribution in [0.25, 0.3) is 0 Å². The molecule has 0 aromatic carbocycles. The van der Waals surface area contributed by atoms with Crippen molar-refractivity contribution in [1.29, 1.82) is 0 Å². The van der Waals surface area contributed by atoms with E-state index in [9.17, 15) is 4.79 Å². The van der Waals surface area contributed by atoms with Gasteiger partial charge in [-0.2, -0.15) is 0 Å². The van der Waals surface area contributed by atoms with Crippen molar-refractivity contribution in [3.63, 3.8) is 0 Å². The van der Waals surface area contributed by atoms with Gasteiger partial charge in [0.2, 0.25) is 0 Å². The Morgan fingerprint density at radius 3 is 2.84 bits per heavy atom. The van der Waals surface area contributed by atoms with Crippen molar-refractivity contribution in [3.05, 3.63) is 36.0 Å². The second kappa shape index (κ2) is 8.99. The normalized spacial score (nSPS) is 20.0. The van der Waals surface area contributed by atoms with Crippen LogP contribution in [0, 0.1) is 0 Å². The lowest BCUT2D eigenvalue weighted by Crippen LogP contribution is -3.19. The third-order valence-electron chi connectivity index (χ3n) is 5.58. The summed E-state index contributed by atoms with van der Waals surface area (Å²) in [7, 11) is 0. The molecule has 1 aromatic rings. The average molecular weight is 345 g/mol. The number of carbonyl (C=O) groups is 1. The average Bonchev–Trinajstić information content (AvgIpc) is 2.69. The van der Waals surface area contributed by atoms with E-state index in [2.05, 4.69) is 40.3 Å². The summed E-state index contributed by atoms with van der Waals surface area (Å²) in [5.41, 5.74) is 1.53. The first kappa shape index (κ1) is 17.9. The van der Waals surface area contributed by atoms with Crippen LogP contribution in [0.1, 0.15) is 39.0 Å². The van der Waals surface area contributed by atoms with E-state index in [1.807, 2.05) is 12.3 Å². The predicted molar refractivity (Wildman–Crippen MR) is 99.5 cm³/mol. The monoisotopic (exact) mass is 344 g/mol. The Kier molecular flexibility index (Phi) is 6.45. The van der Waals surface area contributed by atoms with E-state index >= 15 is 0 Å². The molecule has 1 saturated heterocycles. The van der Waals surface area contributed by atoms with E-state index in [1.165, 1.54) is 42.0 Å². The van der Waals surface area contributed by atoms with E-state index in [4.69, 9.17) is 0 Å². The second-order valence-corrected chi connectivity index (χ2v) is 7.26. The highest BCUT2D eigenvalue weighted by Gasteiger charge is 2.32. The molecule has 2 heterocycles. The summed E-state index contributed by atoms with van der Waals surface area (Å²) in [5, 5.41) is 3.15. The van der Waals surface area contributed by atoms with Crippen LogP contribution in [0.3, 0.4) is 0 Å². The molecule has 5 nitrogen and oxygen atoms in total. The zero-order valence-corrected chi connectivity index (χ0v) is 15.4. The highest BCUT2D eigenvalue weighted by molar-refractivity contribution is 5.79. The molecule has 5 heteroatoms. The van der Waals surface area contributed by atoms with Crippen molar-refractivity contribution in [3.8, 4) is 0 Å². The molecule has 3 rings (SSSR count). The first-order chi connectivity index (χ1) is 12.2.